The van der Waals surface area contributed by atoms with E-state index in [0.29, 0.717) is 11.7 Å². The van der Waals surface area contributed by atoms with E-state index in [-0.39, 0.29) is 0 Å². The van der Waals surface area contributed by atoms with Crippen molar-refractivity contribution in [3.8, 4) is 0 Å². The largest absolute Gasteiger partial charge is 0.366 e. The van der Waals surface area contributed by atoms with Gasteiger partial charge in [-0.3, -0.25) is 0 Å². The van der Waals surface area contributed by atoms with Gasteiger partial charge in [0.05, 0.1) is 6.20 Å². The van der Waals surface area contributed by atoms with Crippen LogP contribution in [0, 0.1) is 0 Å². The minimum Gasteiger partial charge on any atom is -0.366 e. The Morgan fingerprint density at radius 3 is 3.10 bits per heavy atom. The van der Waals surface area contributed by atoms with Crippen molar-refractivity contribution < 1.29 is 0 Å². The normalized spacial score (nSPS) is 16.3. The SMILES string of the molecule is NNc1cn2ccnc2c(NCC2Cc3ccccc32)n1. The standard InChI is InChI=1S/C15H16N6/c16-20-13-9-21-6-5-17-15(21)14(19-13)18-8-11-7-10-3-1-2-4-12(10)11/h1-6,9,11,20H,7-8,16H2,(H,18,19). The Morgan fingerprint density at radius 1 is 1.33 bits per heavy atom. The summed E-state index contributed by atoms with van der Waals surface area (Å²) in [6.07, 6.45) is 6.55. The van der Waals surface area contributed by atoms with E-state index in [4.69, 9.17) is 5.84 Å². The number of benzene rings is 1. The van der Waals surface area contributed by atoms with Gasteiger partial charge < -0.3 is 15.1 Å². The van der Waals surface area contributed by atoms with Crippen LogP contribution >= 0.6 is 0 Å². The molecule has 1 aromatic carbocycles. The molecule has 21 heavy (non-hydrogen) atoms. The van der Waals surface area contributed by atoms with E-state index in [1.165, 1.54) is 11.1 Å². The van der Waals surface area contributed by atoms with Crippen molar-refractivity contribution in [2.45, 2.75) is 12.3 Å². The second-order valence-electron chi connectivity index (χ2n) is 5.26. The summed E-state index contributed by atoms with van der Waals surface area (Å²) in [4.78, 5) is 8.78. The highest BCUT2D eigenvalue weighted by Gasteiger charge is 2.25. The molecule has 1 aliphatic rings. The summed E-state index contributed by atoms with van der Waals surface area (Å²) >= 11 is 0. The number of aromatic nitrogens is 3. The molecule has 0 amide bonds. The maximum Gasteiger partial charge on any atom is 0.180 e. The number of hydrogen-bond acceptors (Lipinski definition) is 5. The van der Waals surface area contributed by atoms with Crippen LogP contribution in [0.3, 0.4) is 0 Å². The number of hydrazine groups is 1. The van der Waals surface area contributed by atoms with Crippen molar-refractivity contribution in [3.63, 3.8) is 0 Å². The van der Waals surface area contributed by atoms with Gasteiger partial charge in [0.2, 0.25) is 0 Å². The Morgan fingerprint density at radius 2 is 2.24 bits per heavy atom. The van der Waals surface area contributed by atoms with Gasteiger partial charge in [0.25, 0.3) is 0 Å². The molecule has 0 aliphatic heterocycles. The van der Waals surface area contributed by atoms with Gasteiger partial charge in [0, 0.05) is 24.9 Å². The smallest absolute Gasteiger partial charge is 0.180 e. The van der Waals surface area contributed by atoms with Gasteiger partial charge in [-0.25, -0.2) is 15.8 Å². The van der Waals surface area contributed by atoms with Crippen molar-refractivity contribution in [1.29, 1.82) is 0 Å². The summed E-state index contributed by atoms with van der Waals surface area (Å²) in [5, 5.41) is 3.40. The number of nitrogens with two attached hydrogens (primary N) is 1. The maximum atomic E-state index is 5.46. The van der Waals surface area contributed by atoms with Crippen LogP contribution in [0.15, 0.2) is 42.9 Å². The first-order valence-electron chi connectivity index (χ1n) is 6.97. The lowest BCUT2D eigenvalue weighted by molar-refractivity contribution is 0.635. The summed E-state index contributed by atoms with van der Waals surface area (Å²) < 4.78 is 1.90. The van der Waals surface area contributed by atoms with Crippen molar-refractivity contribution in [1.82, 2.24) is 14.4 Å². The fourth-order valence-corrected chi connectivity index (χ4v) is 2.88. The molecular formula is C15H16N6. The highest BCUT2D eigenvalue weighted by molar-refractivity contribution is 5.65. The minimum absolute atomic E-state index is 0.535. The predicted molar refractivity (Wildman–Crippen MR) is 82.2 cm³/mol. The molecule has 3 aromatic rings. The van der Waals surface area contributed by atoms with Crippen LogP contribution in [-0.4, -0.2) is 20.9 Å². The van der Waals surface area contributed by atoms with Crippen LogP contribution in [0.2, 0.25) is 0 Å². The summed E-state index contributed by atoms with van der Waals surface area (Å²) in [5.74, 6) is 7.35. The number of rotatable bonds is 4. The number of hydrogen-bond donors (Lipinski definition) is 3. The molecule has 6 nitrogen and oxygen atoms in total. The van der Waals surface area contributed by atoms with Crippen molar-refractivity contribution in [2.75, 3.05) is 17.3 Å². The molecule has 0 fully saturated rings. The topological polar surface area (TPSA) is 80.3 Å². The monoisotopic (exact) mass is 280 g/mol. The van der Waals surface area contributed by atoms with Crippen LogP contribution in [0.4, 0.5) is 11.6 Å². The van der Waals surface area contributed by atoms with Gasteiger partial charge >= 0.3 is 0 Å². The Hall–Kier alpha value is -2.60. The van der Waals surface area contributed by atoms with Gasteiger partial charge in [-0.2, -0.15) is 0 Å². The van der Waals surface area contributed by atoms with Gasteiger partial charge in [0.1, 0.15) is 0 Å². The lowest BCUT2D eigenvalue weighted by atomic mass is 9.78. The lowest BCUT2D eigenvalue weighted by Crippen LogP contribution is -2.25. The fraction of sp³-hybridized carbons (Fsp3) is 0.200. The molecule has 2 heterocycles. The van der Waals surface area contributed by atoms with E-state index in [1.54, 1.807) is 6.20 Å². The maximum absolute atomic E-state index is 5.46. The molecule has 1 atom stereocenters. The number of nitrogens with zero attached hydrogens (tertiary/aromatic N) is 3. The third-order valence-electron chi connectivity index (χ3n) is 4.00. The Balaban J connectivity index is 1.57. The van der Waals surface area contributed by atoms with Crippen LogP contribution in [0.1, 0.15) is 17.0 Å². The van der Waals surface area contributed by atoms with Gasteiger partial charge in [-0.15, -0.1) is 0 Å². The second-order valence-corrected chi connectivity index (χ2v) is 5.26. The Kier molecular flexibility index (Phi) is 2.75. The molecule has 106 valence electrons. The number of nitrogens with one attached hydrogen (secondary N) is 2. The second kappa shape index (κ2) is 4.75. The summed E-state index contributed by atoms with van der Waals surface area (Å²) in [6.45, 7) is 0.848. The average Bonchev–Trinajstić information content (AvgIpc) is 2.96. The van der Waals surface area contributed by atoms with Crippen LogP contribution in [0.25, 0.3) is 5.65 Å². The Bertz CT molecular complexity index is 794. The first kappa shape index (κ1) is 12.2. The molecular weight excluding hydrogens is 264 g/mol. The van der Waals surface area contributed by atoms with Gasteiger partial charge in [-0.05, 0) is 17.5 Å². The minimum atomic E-state index is 0.535. The summed E-state index contributed by atoms with van der Waals surface area (Å²) in [6, 6.07) is 8.57. The van der Waals surface area contributed by atoms with E-state index in [1.807, 2.05) is 16.8 Å². The quantitative estimate of drug-likeness (QED) is 0.501. The highest BCUT2D eigenvalue weighted by Crippen LogP contribution is 2.34. The van der Waals surface area contributed by atoms with E-state index < -0.39 is 0 Å². The molecule has 0 spiro atoms. The number of fused-ring (bicyclic) bond motifs is 2. The third-order valence-corrected chi connectivity index (χ3v) is 4.00. The zero-order chi connectivity index (χ0) is 14.2. The van der Waals surface area contributed by atoms with E-state index in [2.05, 4.69) is 45.0 Å². The van der Waals surface area contributed by atoms with Crippen molar-refractivity contribution >= 4 is 17.3 Å². The zero-order valence-electron chi connectivity index (χ0n) is 11.5. The highest BCUT2D eigenvalue weighted by atomic mass is 15.3. The molecule has 0 bridgehead atoms. The first-order chi connectivity index (χ1) is 10.3. The lowest BCUT2D eigenvalue weighted by Gasteiger charge is -2.30. The molecule has 4 rings (SSSR count). The number of nitrogen functional groups attached to an aromatic ring is 1. The summed E-state index contributed by atoms with van der Waals surface area (Å²) in [5.41, 5.74) is 6.26. The van der Waals surface area contributed by atoms with E-state index >= 15 is 0 Å². The fourth-order valence-electron chi connectivity index (χ4n) is 2.88. The van der Waals surface area contributed by atoms with Crippen LogP contribution < -0.4 is 16.6 Å². The predicted octanol–water partition coefficient (Wildman–Crippen LogP) is 1.77. The number of imidazole rings is 1. The first-order valence-corrected chi connectivity index (χ1v) is 6.97. The van der Waals surface area contributed by atoms with Crippen LogP contribution in [-0.2, 0) is 6.42 Å². The molecule has 0 saturated heterocycles. The van der Waals surface area contributed by atoms with E-state index in [0.717, 1.165) is 24.4 Å². The molecule has 0 saturated carbocycles. The average molecular weight is 280 g/mol. The molecule has 1 aliphatic carbocycles. The molecule has 2 aromatic heterocycles. The summed E-state index contributed by atoms with van der Waals surface area (Å²) in [7, 11) is 0. The van der Waals surface area contributed by atoms with Crippen molar-refractivity contribution in [2.24, 2.45) is 5.84 Å². The van der Waals surface area contributed by atoms with Gasteiger partial charge in [0.15, 0.2) is 17.3 Å². The van der Waals surface area contributed by atoms with Crippen LogP contribution in [0.5, 0.6) is 0 Å². The number of anilines is 2. The van der Waals surface area contributed by atoms with Crippen molar-refractivity contribution in [3.05, 3.63) is 54.0 Å². The third kappa shape index (κ3) is 2.00. The molecule has 6 heteroatoms. The van der Waals surface area contributed by atoms with Gasteiger partial charge in [-0.1, -0.05) is 24.3 Å². The Labute approximate surface area is 122 Å². The molecule has 4 N–H and O–H groups in total. The molecule has 1 unspecified atom stereocenters. The van der Waals surface area contributed by atoms with E-state index in [9.17, 15) is 0 Å². The molecule has 0 radical (unpaired) electrons. The zero-order valence-corrected chi connectivity index (χ0v) is 11.5.